The molecule has 0 radical (unpaired) electrons. The Bertz CT molecular complexity index is 1240. The monoisotopic (exact) mass is 584 g/mol. The Morgan fingerprint density at radius 2 is 1.65 bits per heavy atom. The molecule has 0 aromatic heterocycles. The van der Waals surface area contributed by atoms with Gasteiger partial charge in [-0.25, -0.2) is 5.43 Å². The second kappa shape index (κ2) is 11.6. The van der Waals surface area contributed by atoms with Gasteiger partial charge >= 0.3 is 0 Å². The van der Waals surface area contributed by atoms with Crippen molar-refractivity contribution in [3.63, 3.8) is 0 Å². The first-order valence-electron chi connectivity index (χ1n) is 10.1. The van der Waals surface area contributed by atoms with E-state index < -0.39 is 11.8 Å². The fourth-order valence-corrected chi connectivity index (χ4v) is 3.95. The number of benzene rings is 3. The van der Waals surface area contributed by atoms with Gasteiger partial charge in [0.15, 0.2) is 0 Å². The number of carbonyl (C=O) groups is 2. The van der Waals surface area contributed by atoms with Crippen LogP contribution in [-0.2, 0) is 4.79 Å². The van der Waals surface area contributed by atoms with E-state index in [2.05, 4.69) is 47.7 Å². The van der Waals surface area contributed by atoms with Crippen LogP contribution in [0.15, 0.2) is 86.5 Å². The molecule has 0 heterocycles. The van der Waals surface area contributed by atoms with Gasteiger partial charge in [0, 0.05) is 35.4 Å². The van der Waals surface area contributed by atoms with E-state index in [0.717, 1.165) is 11.3 Å². The highest BCUT2D eigenvalue weighted by Crippen LogP contribution is 2.29. The highest BCUT2D eigenvalue weighted by atomic mass is 79.9. The molecule has 174 valence electrons. The summed E-state index contributed by atoms with van der Waals surface area (Å²) in [4.78, 5) is 27.6. The summed E-state index contributed by atoms with van der Waals surface area (Å²) in [6, 6.07) is 19.3. The van der Waals surface area contributed by atoms with Crippen molar-refractivity contribution in [3.8, 4) is 5.75 Å². The number of halogens is 2. The number of rotatable bonds is 7. The van der Waals surface area contributed by atoms with Gasteiger partial charge in [-0.15, -0.1) is 0 Å². The van der Waals surface area contributed by atoms with Crippen LogP contribution < -0.4 is 15.6 Å². The number of carbonyl (C=O) groups excluding carboxylic acids is 2. The molecule has 0 fully saturated rings. The first-order valence-corrected chi connectivity index (χ1v) is 11.7. The van der Waals surface area contributed by atoms with Crippen LogP contribution in [0.25, 0.3) is 6.08 Å². The molecule has 34 heavy (non-hydrogen) atoms. The van der Waals surface area contributed by atoms with Gasteiger partial charge in [-0.1, -0.05) is 46.3 Å². The van der Waals surface area contributed by atoms with E-state index in [1.54, 1.807) is 42.5 Å². The Hall–Kier alpha value is -3.43. The first-order chi connectivity index (χ1) is 16.2. The molecule has 0 unspecified atom stereocenters. The molecule has 3 rings (SSSR count). The SMILES string of the molecule is CN(C)c1ccc(C=C(NC(=O)c2ccccc2)C(=O)NN=Cc2cc(O)c(Br)cc2Br)cc1. The molecule has 9 heteroatoms. The topological polar surface area (TPSA) is 94.0 Å². The molecule has 0 saturated heterocycles. The van der Waals surface area contributed by atoms with Crippen molar-refractivity contribution in [2.45, 2.75) is 0 Å². The number of nitrogens with zero attached hydrogens (tertiary/aromatic N) is 2. The molecule has 0 bridgehead atoms. The van der Waals surface area contributed by atoms with Crippen molar-refractivity contribution in [1.82, 2.24) is 10.7 Å². The second-order valence-electron chi connectivity index (χ2n) is 7.39. The third-order valence-corrected chi connectivity index (χ3v) is 6.01. The molecule has 0 atom stereocenters. The van der Waals surface area contributed by atoms with Crippen LogP contribution in [0.2, 0.25) is 0 Å². The Balaban J connectivity index is 1.84. The van der Waals surface area contributed by atoms with Crippen molar-refractivity contribution in [1.29, 1.82) is 0 Å². The second-order valence-corrected chi connectivity index (χ2v) is 9.10. The lowest BCUT2D eigenvalue weighted by Gasteiger charge is -2.12. The largest absolute Gasteiger partial charge is 0.507 e. The van der Waals surface area contributed by atoms with E-state index in [1.807, 2.05) is 43.3 Å². The zero-order valence-electron chi connectivity index (χ0n) is 18.4. The zero-order chi connectivity index (χ0) is 24.7. The first kappa shape index (κ1) is 25.2. The van der Waals surface area contributed by atoms with E-state index in [0.29, 0.717) is 20.1 Å². The summed E-state index contributed by atoms with van der Waals surface area (Å²) >= 11 is 6.61. The standard InChI is InChI=1S/C25H22Br2N4O3/c1-31(2)19-10-8-16(9-11-19)12-22(29-24(33)17-6-4-3-5-7-17)25(34)30-28-15-18-13-23(32)21(27)14-20(18)26/h3-15,32H,1-2H3,(H,29,33)(H,30,34). The lowest BCUT2D eigenvalue weighted by atomic mass is 10.1. The van der Waals surface area contributed by atoms with Crippen LogP contribution in [0.4, 0.5) is 5.69 Å². The van der Waals surface area contributed by atoms with Gasteiger partial charge in [-0.2, -0.15) is 5.10 Å². The molecule has 3 N–H and O–H groups in total. The summed E-state index contributed by atoms with van der Waals surface area (Å²) in [7, 11) is 3.87. The summed E-state index contributed by atoms with van der Waals surface area (Å²) in [6.07, 6.45) is 2.96. The van der Waals surface area contributed by atoms with Gasteiger partial charge in [0.05, 0.1) is 10.7 Å². The minimum Gasteiger partial charge on any atom is -0.507 e. The van der Waals surface area contributed by atoms with Gasteiger partial charge in [0.1, 0.15) is 11.4 Å². The number of hydrogen-bond acceptors (Lipinski definition) is 5. The van der Waals surface area contributed by atoms with Crippen molar-refractivity contribution >= 4 is 61.7 Å². The average Bonchev–Trinajstić information content (AvgIpc) is 2.82. The summed E-state index contributed by atoms with van der Waals surface area (Å²) < 4.78 is 1.19. The van der Waals surface area contributed by atoms with Gasteiger partial charge in [0.2, 0.25) is 0 Å². The van der Waals surface area contributed by atoms with Crippen LogP contribution in [0, 0.1) is 0 Å². The fourth-order valence-electron chi connectivity index (χ4n) is 2.85. The normalized spacial score (nSPS) is 11.4. The molecule has 0 aliphatic rings. The number of anilines is 1. The quantitative estimate of drug-likeness (QED) is 0.209. The van der Waals surface area contributed by atoms with Gasteiger partial charge in [-0.3, -0.25) is 9.59 Å². The molecule has 0 aliphatic carbocycles. The summed E-state index contributed by atoms with van der Waals surface area (Å²) in [6.45, 7) is 0. The number of aromatic hydroxyl groups is 1. The number of amides is 2. The van der Waals surface area contributed by atoms with E-state index in [9.17, 15) is 14.7 Å². The number of hydrazone groups is 1. The Labute approximate surface area is 214 Å². The van der Waals surface area contributed by atoms with E-state index >= 15 is 0 Å². The summed E-state index contributed by atoms with van der Waals surface area (Å²) in [5.41, 5.74) is 5.16. The Morgan fingerprint density at radius 1 is 0.971 bits per heavy atom. The summed E-state index contributed by atoms with van der Waals surface area (Å²) in [5.74, 6) is -0.987. The van der Waals surface area contributed by atoms with E-state index in [1.165, 1.54) is 12.3 Å². The fraction of sp³-hybridized carbons (Fsp3) is 0.0800. The zero-order valence-corrected chi connectivity index (χ0v) is 21.6. The lowest BCUT2D eigenvalue weighted by molar-refractivity contribution is -0.117. The molecule has 7 nitrogen and oxygen atoms in total. The van der Waals surface area contributed by atoms with Gasteiger partial charge < -0.3 is 15.3 Å². The Kier molecular flexibility index (Phi) is 8.61. The van der Waals surface area contributed by atoms with Crippen LogP contribution >= 0.6 is 31.9 Å². The van der Waals surface area contributed by atoms with E-state index in [4.69, 9.17) is 0 Å². The molecular weight excluding hydrogens is 564 g/mol. The predicted molar refractivity (Wildman–Crippen MR) is 142 cm³/mol. The Morgan fingerprint density at radius 3 is 2.29 bits per heavy atom. The van der Waals surface area contributed by atoms with Gasteiger partial charge in [0.25, 0.3) is 11.8 Å². The maximum atomic E-state index is 12.9. The number of hydrogen-bond donors (Lipinski definition) is 3. The summed E-state index contributed by atoms with van der Waals surface area (Å²) in [5, 5.41) is 16.5. The number of phenols is 1. The lowest BCUT2D eigenvalue weighted by Crippen LogP contribution is -2.32. The molecule has 0 aliphatic heterocycles. The molecule has 0 saturated carbocycles. The van der Waals surface area contributed by atoms with Crippen LogP contribution in [0.3, 0.4) is 0 Å². The van der Waals surface area contributed by atoms with Crippen molar-refractivity contribution < 1.29 is 14.7 Å². The minimum absolute atomic E-state index is 0.0290. The van der Waals surface area contributed by atoms with Crippen LogP contribution in [0.5, 0.6) is 5.75 Å². The highest BCUT2D eigenvalue weighted by Gasteiger charge is 2.14. The van der Waals surface area contributed by atoms with E-state index in [-0.39, 0.29) is 11.4 Å². The van der Waals surface area contributed by atoms with Crippen LogP contribution in [0.1, 0.15) is 21.5 Å². The van der Waals surface area contributed by atoms with Crippen molar-refractivity contribution in [2.75, 3.05) is 19.0 Å². The number of nitrogens with one attached hydrogen (secondary N) is 2. The molecule has 3 aromatic rings. The number of phenolic OH excluding ortho intramolecular Hbond substituents is 1. The molecular formula is C25H22Br2N4O3. The third kappa shape index (κ3) is 6.79. The maximum absolute atomic E-state index is 12.9. The van der Waals surface area contributed by atoms with Gasteiger partial charge in [-0.05, 0) is 64.0 Å². The highest BCUT2D eigenvalue weighted by molar-refractivity contribution is 9.11. The van der Waals surface area contributed by atoms with Crippen molar-refractivity contribution in [2.24, 2.45) is 5.10 Å². The minimum atomic E-state index is -0.602. The predicted octanol–water partition coefficient (Wildman–Crippen LogP) is 4.90. The van der Waals surface area contributed by atoms with Crippen LogP contribution in [-0.4, -0.2) is 37.2 Å². The van der Waals surface area contributed by atoms with Crippen molar-refractivity contribution in [3.05, 3.63) is 98.1 Å². The maximum Gasteiger partial charge on any atom is 0.287 e. The molecule has 3 aromatic carbocycles. The smallest absolute Gasteiger partial charge is 0.287 e. The molecule has 0 spiro atoms. The average molecular weight is 586 g/mol. The third-order valence-electron chi connectivity index (χ3n) is 4.69. The molecule has 2 amide bonds.